The number of hydrogen-bond donors (Lipinski definition) is 0. The number of para-hydroxylation sites is 2. The summed E-state index contributed by atoms with van der Waals surface area (Å²) in [6.07, 6.45) is 0. The van der Waals surface area contributed by atoms with Gasteiger partial charge in [0.2, 0.25) is 5.89 Å². The lowest BCUT2D eigenvalue weighted by Gasteiger charge is -2.01. The average molecular weight is 343 g/mol. The van der Waals surface area contributed by atoms with Crippen LogP contribution in [0.5, 0.6) is 0 Å². The molecule has 0 radical (unpaired) electrons. The Morgan fingerprint density at radius 3 is 2.13 bits per heavy atom. The zero-order chi connectivity index (χ0) is 15.8. The van der Waals surface area contributed by atoms with Crippen molar-refractivity contribution in [3.8, 4) is 23.0 Å². The molecule has 0 aliphatic heterocycles. The van der Waals surface area contributed by atoms with E-state index in [9.17, 15) is 0 Å². The van der Waals surface area contributed by atoms with Crippen molar-refractivity contribution in [3.63, 3.8) is 0 Å². The summed E-state index contributed by atoms with van der Waals surface area (Å²) in [6.45, 7) is 0. The second-order valence-electron chi connectivity index (χ2n) is 4.77. The molecule has 0 saturated carbocycles. The lowest BCUT2D eigenvalue weighted by atomic mass is 10.2. The summed E-state index contributed by atoms with van der Waals surface area (Å²) < 4.78 is 5.67. The molecule has 2 heterocycles. The molecule has 2 aromatic heterocycles. The topological polar surface area (TPSA) is 64.7 Å². The van der Waals surface area contributed by atoms with E-state index in [2.05, 4.69) is 20.2 Å². The summed E-state index contributed by atoms with van der Waals surface area (Å²) in [7, 11) is 0. The SMILES string of the molecule is Clc1ccc(-c2nnc(-c3nc4ccccc4nc3Cl)o2)cc1. The highest BCUT2D eigenvalue weighted by Gasteiger charge is 2.16. The molecular weight excluding hydrogens is 335 g/mol. The molecule has 0 N–H and O–H groups in total. The summed E-state index contributed by atoms with van der Waals surface area (Å²) in [5.74, 6) is 0.584. The normalized spacial score (nSPS) is 11.0. The largest absolute Gasteiger partial charge is 0.414 e. The molecular formula is C16H8Cl2N4O. The summed E-state index contributed by atoms with van der Waals surface area (Å²) in [5.41, 5.74) is 2.54. The first-order valence-corrected chi connectivity index (χ1v) is 7.48. The van der Waals surface area contributed by atoms with Gasteiger partial charge in [-0.1, -0.05) is 35.3 Å². The van der Waals surface area contributed by atoms with Crippen molar-refractivity contribution >= 4 is 34.2 Å². The molecule has 0 aliphatic carbocycles. The number of rotatable bonds is 2. The molecule has 0 aliphatic rings. The minimum atomic E-state index is 0.218. The highest BCUT2D eigenvalue weighted by atomic mass is 35.5. The first-order valence-electron chi connectivity index (χ1n) is 6.73. The lowest BCUT2D eigenvalue weighted by Crippen LogP contribution is -1.91. The number of nitrogens with zero attached hydrogens (tertiary/aromatic N) is 4. The highest BCUT2D eigenvalue weighted by Crippen LogP contribution is 2.28. The van der Waals surface area contributed by atoms with Gasteiger partial charge in [0.15, 0.2) is 10.8 Å². The number of benzene rings is 2. The molecule has 0 fully saturated rings. The summed E-state index contributed by atoms with van der Waals surface area (Å²) >= 11 is 12.1. The van der Waals surface area contributed by atoms with Gasteiger partial charge in [0.1, 0.15) is 0 Å². The van der Waals surface area contributed by atoms with Crippen LogP contribution in [0.2, 0.25) is 10.2 Å². The molecule has 0 saturated heterocycles. The van der Waals surface area contributed by atoms with Crippen LogP contribution < -0.4 is 0 Å². The minimum Gasteiger partial charge on any atom is -0.414 e. The molecule has 0 amide bonds. The molecule has 23 heavy (non-hydrogen) atoms. The maximum atomic E-state index is 6.19. The van der Waals surface area contributed by atoms with Gasteiger partial charge in [-0.15, -0.1) is 10.2 Å². The summed E-state index contributed by atoms with van der Waals surface area (Å²) in [6, 6.07) is 14.5. The Bertz CT molecular complexity index is 999. The monoisotopic (exact) mass is 342 g/mol. The minimum absolute atomic E-state index is 0.218. The number of aromatic nitrogens is 4. The van der Waals surface area contributed by atoms with Crippen LogP contribution in [0.4, 0.5) is 0 Å². The molecule has 0 atom stereocenters. The van der Waals surface area contributed by atoms with Crippen LogP contribution in [-0.2, 0) is 0 Å². The van der Waals surface area contributed by atoms with E-state index in [-0.39, 0.29) is 11.0 Å². The van der Waals surface area contributed by atoms with Crippen LogP contribution in [0.1, 0.15) is 0 Å². The maximum Gasteiger partial charge on any atom is 0.269 e. The van der Waals surface area contributed by atoms with Crippen LogP contribution in [0.3, 0.4) is 0 Å². The Morgan fingerprint density at radius 2 is 1.39 bits per heavy atom. The third-order valence-electron chi connectivity index (χ3n) is 3.25. The van der Waals surface area contributed by atoms with Gasteiger partial charge >= 0.3 is 0 Å². The van der Waals surface area contributed by atoms with Gasteiger partial charge in [-0.2, -0.15) is 0 Å². The van der Waals surface area contributed by atoms with Crippen molar-refractivity contribution in [2.45, 2.75) is 0 Å². The third-order valence-corrected chi connectivity index (χ3v) is 3.76. The first-order chi connectivity index (χ1) is 11.2. The Kier molecular flexibility index (Phi) is 3.44. The Balaban J connectivity index is 1.79. The number of halogens is 2. The van der Waals surface area contributed by atoms with Crippen LogP contribution in [0, 0.1) is 0 Å². The number of hydrogen-bond acceptors (Lipinski definition) is 5. The molecule has 5 nitrogen and oxygen atoms in total. The fourth-order valence-electron chi connectivity index (χ4n) is 2.14. The van der Waals surface area contributed by atoms with Crippen molar-refractivity contribution in [1.29, 1.82) is 0 Å². The van der Waals surface area contributed by atoms with Crippen LogP contribution >= 0.6 is 23.2 Å². The second kappa shape index (κ2) is 5.61. The maximum absolute atomic E-state index is 6.19. The van der Waals surface area contributed by atoms with Gasteiger partial charge in [0, 0.05) is 10.6 Å². The van der Waals surface area contributed by atoms with E-state index in [0.717, 1.165) is 5.56 Å². The Hall–Kier alpha value is -2.50. The van der Waals surface area contributed by atoms with Crippen molar-refractivity contribution < 1.29 is 4.42 Å². The van der Waals surface area contributed by atoms with Gasteiger partial charge in [-0.3, -0.25) is 0 Å². The van der Waals surface area contributed by atoms with Gasteiger partial charge in [0.05, 0.1) is 11.0 Å². The predicted octanol–water partition coefficient (Wildman–Crippen LogP) is 4.65. The predicted molar refractivity (Wildman–Crippen MR) is 88.3 cm³/mol. The summed E-state index contributed by atoms with van der Waals surface area (Å²) in [4.78, 5) is 8.76. The molecule has 0 unspecified atom stereocenters. The lowest BCUT2D eigenvalue weighted by molar-refractivity contribution is 0.582. The van der Waals surface area contributed by atoms with Crippen LogP contribution in [0.15, 0.2) is 52.9 Å². The molecule has 4 aromatic rings. The Labute approximate surface area is 140 Å². The highest BCUT2D eigenvalue weighted by molar-refractivity contribution is 6.32. The van der Waals surface area contributed by atoms with Crippen molar-refractivity contribution in [1.82, 2.24) is 20.2 Å². The van der Waals surface area contributed by atoms with Gasteiger partial charge in [0.25, 0.3) is 5.89 Å². The van der Waals surface area contributed by atoms with E-state index in [1.807, 2.05) is 24.3 Å². The zero-order valence-electron chi connectivity index (χ0n) is 11.6. The smallest absolute Gasteiger partial charge is 0.269 e. The third kappa shape index (κ3) is 2.65. The van der Waals surface area contributed by atoms with Crippen molar-refractivity contribution in [2.75, 3.05) is 0 Å². The first kappa shape index (κ1) is 14.1. The van der Waals surface area contributed by atoms with E-state index < -0.39 is 0 Å². The molecule has 0 bridgehead atoms. The van der Waals surface area contributed by atoms with Crippen molar-refractivity contribution in [3.05, 3.63) is 58.7 Å². The fraction of sp³-hybridized carbons (Fsp3) is 0. The zero-order valence-corrected chi connectivity index (χ0v) is 13.1. The van der Waals surface area contributed by atoms with Crippen molar-refractivity contribution in [2.24, 2.45) is 0 Å². The van der Waals surface area contributed by atoms with Gasteiger partial charge in [-0.05, 0) is 36.4 Å². The van der Waals surface area contributed by atoms with E-state index in [1.54, 1.807) is 24.3 Å². The number of fused-ring (bicyclic) bond motifs is 1. The average Bonchev–Trinajstić information content (AvgIpc) is 3.04. The van der Waals surface area contributed by atoms with Crippen LogP contribution in [0.25, 0.3) is 34.1 Å². The van der Waals surface area contributed by atoms with E-state index in [4.69, 9.17) is 27.6 Å². The Morgan fingerprint density at radius 1 is 0.739 bits per heavy atom. The molecule has 0 spiro atoms. The van der Waals surface area contributed by atoms with E-state index >= 15 is 0 Å². The van der Waals surface area contributed by atoms with Crippen LogP contribution in [-0.4, -0.2) is 20.2 Å². The van der Waals surface area contributed by atoms with E-state index in [0.29, 0.717) is 27.6 Å². The molecule has 7 heteroatoms. The molecule has 112 valence electrons. The van der Waals surface area contributed by atoms with Gasteiger partial charge in [-0.25, -0.2) is 9.97 Å². The quantitative estimate of drug-likeness (QED) is 0.530. The van der Waals surface area contributed by atoms with E-state index in [1.165, 1.54) is 0 Å². The summed E-state index contributed by atoms with van der Waals surface area (Å²) in [5, 5.41) is 8.90. The second-order valence-corrected chi connectivity index (χ2v) is 5.57. The molecule has 2 aromatic carbocycles. The fourth-order valence-corrected chi connectivity index (χ4v) is 2.48. The molecule has 4 rings (SSSR count). The standard InChI is InChI=1S/C16H8Cl2N4O/c17-10-7-5-9(6-8-10)15-21-22-16(23-15)13-14(18)20-12-4-2-1-3-11(12)19-13/h1-8H. The van der Waals surface area contributed by atoms with Gasteiger partial charge < -0.3 is 4.42 Å².